The summed E-state index contributed by atoms with van der Waals surface area (Å²) >= 11 is 0. The van der Waals surface area contributed by atoms with Crippen LogP contribution < -0.4 is 10.5 Å². The van der Waals surface area contributed by atoms with Gasteiger partial charge in [-0.05, 0) is 24.6 Å². The van der Waals surface area contributed by atoms with Crippen LogP contribution in [0, 0.1) is 11.3 Å². The number of carbonyl (C=O) groups excluding carboxylic acids is 1. The number of methoxy groups -OCH3 is 1. The third-order valence-electron chi connectivity index (χ3n) is 4.38. The van der Waals surface area contributed by atoms with Crippen LogP contribution in [0.4, 0.5) is 0 Å². The highest BCUT2D eigenvalue weighted by Crippen LogP contribution is 2.43. The fraction of sp³-hybridized carbons (Fsp3) is 0.182. The predicted molar refractivity (Wildman–Crippen MR) is 104 cm³/mol. The van der Waals surface area contributed by atoms with E-state index in [1.165, 1.54) is 0 Å². The summed E-state index contributed by atoms with van der Waals surface area (Å²) in [4.78, 5) is 12.6. The molecule has 1 aliphatic heterocycles. The first kappa shape index (κ1) is 19.1. The molecule has 3 rings (SSSR count). The zero-order valence-electron chi connectivity index (χ0n) is 15.6. The lowest BCUT2D eigenvalue weighted by molar-refractivity contribution is -0.139. The molecular formula is C22H20N2O4. The second kappa shape index (κ2) is 8.31. The molecule has 0 bridgehead atoms. The second-order valence-electron chi connectivity index (χ2n) is 6.03. The van der Waals surface area contributed by atoms with Gasteiger partial charge >= 0.3 is 5.97 Å². The minimum atomic E-state index is -0.733. The Kier molecular flexibility index (Phi) is 5.66. The van der Waals surface area contributed by atoms with Gasteiger partial charge in [0.1, 0.15) is 11.3 Å². The van der Waals surface area contributed by atoms with E-state index in [0.717, 1.165) is 0 Å². The molecule has 1 unspecified atom stereocenters. The molecule has 1 atom stereocenters. The number of hydrogen-bond donors (Lipinski definition) is 1. The van der Waals surface area contributed by atoms with Crippen molar-refractivity contribution in [2.24, 2.45) is 5.73 Å². The standard InChI is InChI=1S/C22H20N2O4/c1-3-27-22(25)19-18(15-10-7-11-16(12-15)26-2)17(13-23)20(28-21(19)24)14-8-5-4-6-9-14/h4-12,18H,3,24H2,1-2H3. The fourth-order valence-electron chi connectivity index (χ4n) is 3.14. The number of esters is 1. The first-order valence-corrected chi connectivity index (χ1v) is 8.79. The van der Waals surface area contributed by atoms with Crippen molar-refractivity contribution in [3.8, 4) is 11.8 Å². The topological polar surface area (TPSA) is 94.6 Å². The number of nitriles is 1. The molecule has 0 aliphatic carbocycles. The van der Waals surface area contributed by atoms with Crippen molar-refractivity contribution in [3.63, 3.8) is 0 Å². The van der Waals surface area contributed by atoms with Crippen molar-refractivity contribution in [3.05, 3.63) is 82.8 Å². The van der Waals surface area contributed by atoms with Gasteiger partial charge in [-0.2, -0.15) is 5.26 Å². The van der Waals surface area contributed by atoms with E-state index in [1.54, 1.807) is 32.2 Å². The number of benzene rings is 2. The predicted octanol–water partition coefficient (Wildman–Crippen LogP) is 3.48. The first-order chi connectivity index (χ1) is 13.6. The van der Waals surface area contributed by atoms with Gasteiger partial charge in [0.2, 0.25) is 5.88 Å². The Morgan fingerprint density at radius 1 is 1.21 bits per heavy atom. The third kappa shape index (κ3) is 3.55. The maximum atomic E-state index is 12.6. The highest BCUT2D eigenvalue weighted by Gasteiger charge is 2.38. The van der Waals surface area contributed by atoms with Crippen molar-refractivity contribution >= 4 is 11.7 Å². The van der Waals surface area contributed by atoms with Crippen LogP contribution in [-0.4, -0.2) is 19.7 Å². The molecule has 2 aromatic rings. The smallest absolute Gasteiger partial charge is 0.340 e. The minimum Gasteiger partial charge on any atom is -0.497 e. The molecule has 0 amide bonds. The molecule has 1 aliphatic rings. The molecule has 2 N–H and O–H groups in total. The minimum absolute atomic E-state index is 0.0795. The summed E-state index contributed by atoms with van der Waals surface area (Å²) in [6, 6.07) is 18.5. The van der Waals surface area contributed by atoms with Gasteiger partial charge in [0, 0.05) is 5.56 Å². The largest absolute Gasteiger partial charge is 0.497 e. The maximum Gasteiger partial charge on any atom is 0.340 e. The third-order valence-corrected chi connectivity index (χ3v) is 4.38. The molecule has 6 nitrogen and oxygen atoms in total. The van der Waals surface area contributed by atoms with E-state index in [4.69, 9.17) is 19.9 Å². The van der Waals surface area contributed by atoms with E-state index in [2.05, 4.69) is 6.07 Å². The summed E-state index contributed by atoms with van der Waals surface area (Å²) in [5, 5.41) is 9.96. The molecule has 2 aromatic carbocycles. The Hall–Kier alpha value is -3.72. The highest BCUT2D eigenvalue weighted by molar-refractivity contribution is 5.94. The fourth-order valence-corrected chi connectivity index (χ4v) is 3.14. The summed E-state index contributed by atoms with van der Waals surface area (Å²) in [7, 11) is 1.55. The van der Waals surface area contributed by atoms with Crippen molar-refractivity contribution in [1.29, 1.82) is 5.26 Å². The van der Waals surface area contributed by atoms with Crippen LogP contribution in [0.15, 0.2) is 71.6 Å². The van der Waals surface area contributed by atoms with Gasteiger partial charge in [-0.25, -0.2) is 4.79 Å². The molecule has 28 heavy (non-hydrogen) atoms. The van der Waals surface area contributed by atoms with Crippen LogP contribution in [0.3, 0.4) is 0 Å². The van der Waals surface area contributed by atoms with Gasteiger partial charge in [0.25, 0.3) is 0 Å². The molecule has 0 fully saturated rings. The molecule has 6 heteroatoms. The maximum absolute atomic E-state index is 12.6. The van der Waals surface area contributed by atoms with E-state index >= 15 is 0 Å². The van der Waals surface area contributed by atoms with Gasteiger partial charge in [-0.15, -0.1) is 0 Å². The average Bonchev–Trinajstić information content (AvgIpc) is 2.73. The first-order valence-electron chi connectivity index (χ1n) is 8.79. The number of ether oxygens (including phenoxy) is 3. The number of allylic oxidation sites excluding steroid dienone is 1. The van der Waals surface area contributed by atoms with Crippen LogP contribution in [0.25, 0.3) is 5.76 Å². The monoisotopic (exact) mass is 376 g/mol. The second-order valence-corrected chi connectivity index (χ2v) is 6.03. The molecule has 142 valence electrons. The lowest BCUT2D eigenvalue weighted by Crippen LogP contribution is -2.26. The van der Waals surface area contributed by atoms with Crippen LogP contribution in [0.2, 0.25) is 0 Å². The van der Waals surface area contributed by atoms with Crippen molar-refractivity contribution < 1.29 is 19.0 Å². The van der Waals surface area contributed by atoms with Crippen LogP contribution >= 0.6 is 0 Å². The number of nitrogens with zero attached hydrogens (tertiary/aromatic N) is 1. The Labute approximate surface area is 163 Å². The lowest BCUT2D eigenvalue weighted by Gasteiger charge is -2.28. The number of hydrogen-bond acceptors (Lipinski definition) is 6. The van der Waals surface area contributed by atoms with Gasteiger partial charge in [-0.3, -0.25) is 0 Å². The Bertz CT molecular complexity index is 987. The van der Waals surface area contributed by atoms with Crippen LogP contribution in [0.5, 0.6) is 5.75 Å². The van der Waals surface area contributed by atoms with E-state index in [0.29, 0.717) is 22.6 Å². The summed E-state index contributed by atoms with van der Waals surface area (Å²) in [5.74, 6) is -0.509. The van der Waals surface area contributed by atoms with Gasteiger partial charge in [0.15, 0.2) is 5.76 Å². The van der Waals surface area contributed by atoms with Crippen molar-refractivity contribution in [2.45, 2.75) is 12.8 Å². The summed E-state index contributed by atoms with van der Waals surface area (Å²) in [6.45, 7) is 1.88. The van der Waals surface area contributed by atoms with E-state index < -0.39 is 11.9 Å². The molecule has 0 aromatic heterocycles. The molecule has 0 spiro atoms. The summed E-state index contributed by atoms with van der Waals surface area (Å²) < 4.78 is 16.2. The Balaban J connectivity index is 2.23. The van der Waals surface area contributed by atoms with Crippen molar-refractivity contribution in [1.82, 2.24) is 0 Å². The molecule has 1 heterocycles. The van der Waals surface area contributed by atoms with Crippen LogP contribution in [0.1, 0.15) is 24.0 Å². The molecular weight excluding hydrogens is 356 g/mol. The van der Waals surface area contributed by atoms with E-state index in [1.807, 2.05) is 36.4 Å². The Morgan fingerprint density at radius 3 is 2.61 bits per heavy atom. The van der Waals surface area contributed by atoms with Crippen LogP contribution in [-0.2, 0) is 14.3 Å². The van der Waals surface area contributed by atoms with Gasteiger partial charge < -0.3 is 19.9 Å². The number of rotatable bonds is 5. The van der Waals surface area contributed by atoms with Gasteiger partial charge in [-0.1, -0.05) is 42.5 Å². The van der Waals surface area contributed by atoms with E-state index in [9.17, 15) is 10.1 Å². The molecule has 0 saturated heterocycles. The average molecular weight is 376 g/mol. The Morgan fingerprint density at radius 2 is 1.96 bits per heavy atom. The highest BCUT2D eigenvalue weighted by atomic mass is 16.5. The molecule has 0 saturated carbocycles. The summed E-state index contributed by atoms with van der Waals surface area (Å²) in [5.41, 5.74) is 7.88. The van der Waals surface area contributed by atoms with Gasteiger partial charge in [0.05, 0.1) is 31.3 Å². The lowest BCUT2D eigenvalue weighted by atomic mass is 9.82. The zero-order valence-corrected chi connectivity index (χ0v) is 15.6. The SMILES string of the molecule is CCOC(=O)C1=C(N)OC(c2ccccc2)=C(C#N)C1c1cccc(OC)c1. The number of nitrogens with two attached hydrogens (primary N) is 1. The normalized spacial score (nSPS) is 16.2. The van der Waals surface area contributed by atoms with E-state index in [-0.39, 0.29) is 23.6 Å². The summed E-state index contributed by atoms with van der Waals surface area (Å²) in [6.07, 6.45) is 0. The zero-order chi connectivity index (χ0) is 20.1. The van der Waals surface area contributed by atoms with Crippen molar-refractivity contribution in [2.75, 3.05) is 13.7 Å². The number of carbonyl (C=O) groups is 1. The quantitative estimate of drug-likeness (QED) is 0.803. The molecule has 0 radical (unpaired) electrons.